The van der Waals surface area contributed by atoms with E-state index in [9.17, 15) is 4.79 Å². The number of nitrogens with zero attached hydrogens (tertiary/aromatic N) is 1. The van der Waals surface area contributed by atoms with E-state index in [4.69, 9.17) is 25.0 Å². The van der Waals surface area contributed by atoms with Crippen LogP contribution in [0.1, 0.15) is 6.42 Å². The van der Waals surface area contributed by atoms with E-state index in [1.54, 1.807) is 0 Å². The van der Waals surface area contributed by atoms with Crippen molar-refractivity contribution in [1.82, 2.24) is 5.23 Å². The van der Waals surface area contributed by atoms with Crippen molar-refractivity contribution in [1.29, 1.82) is 0 Å². The molecule has 0 amide bonds. The van der Waals surface area contributed by atoms with Gasteiger partial charge in [0.05, 0.1) is 31.6 Å². The summed E-state index contributed by atoms with van der Waals surface area (Å²) in [4.78, 5) is 26.0. The first-order chi connectivity index (χ1) is 9.71. The Kier molecular flexibility index (Phi) is 3.76. The summed E-state index contributed by atoms with van der Waals surface area (Å²) in [6.07, 6.45) is 0.0421. The Bertz CT molecular complexity index is 467. The number of hydrogen-bond acceptors (Lipinski definition) is 9. The van der Waals surface area contributed by atoms with Gasteiger partial charge in [-0.1, -0.05) is 5.23 Å². The van der Waals surface area contributed by atoms with E-state index >= 15 is 0 Å². The zero-order valence-corrected chi connectivity index (χ0v) is 11.4. The highest BCUT2D eigenvalue weighted by Crippen LogP contribution is 2.39. The Balaban J connectivity index is 1.74. The van der Waals surface area contributed by atoms with E-state index in [2.05, 4.69) is 4.84 Å². The zero-order chi connectivity index (χ0) is 14.0. The van der Waals surface area contributed by atoms with Crippen molar-refractivity contribution in [3.8, 4) is 11.5 Å². The largest absolute Gasteiger partial charge is 0.488 e. The van der Waals surface area contributed by atoms with Gasteiger partial charge in [-0.05, 0) is 0 Å². The molecule has 2 aliphatic rings. The lowest BCUT2D eigenvalue weighted by molar-refractivity contribution is -0.524. The van der Waals surface area contributed by atoms with E-state index in [-0.39, 0.29) is 26.4 Å². The Morgan fingerprint density at radius 3 is 2.50 bits per heavy atom. The number of ether oxygens (including phenoxy) is 2. The van der Waals surface area contributed by atoms with Gasteiger partial charge in [0, 0.05) is 10.8 Å². The average molecular weight is 302 g/mol. The van der Waals surface area contributed by atoms with Crippen LogP contribution >= 0.6 is 11.3 Å². The van der Waals surface area contributed by atoms with Crippen molar-refractivity contribution < 1.29 is 28.8 Å². The molecule has 1 aromatic rings. The summed E-state index contributed by atoms with van der Waals surface area (Å²) in [5.41, 5.74) is -0.659. The van der Waals surface area contributed by atoms with Crippen molar-refractivity contribution in [2.45, 2.75) is 6.42 Å². The molecule has 1 fully saturated rings. The fraction of sp³-hybridized carbons (Fsp3) is 0.545. The van der Waals surface area contributed by atoms with Crippen LogP contribution in [0.2, 0.25) is 0 Å². The van der Waals surface area contributed by atoms with E-state index in [0.717, 1.165) is 0 Å². The van der Waals surface area contributed by atoms with E-state index in [0.29, 0.717) is 18.0 Å². The molecule has 3 rings (SSSR count). The van der Waals surface area contributed by atoms with Crippen molar-refractivity contribution in [3.63, 3.8) is 0 Å². The maximum atomic E-state index is 11.5. The van der Waals surface area contributed by atoms with Gasteiger partial charge < -0.3 is 14.3 Å². The summed E-state index contributed by atoms with van der Waals surface area (Å²) in [6, 6.07) is 0. The molecule has 0 unspecified atom stereocenters. The molecule has 0 radical (unpaired) electrons. The SMILES string of the molecule is NOC(=O)CC1(CN2OCO2)COc2cscc2OC1. The molecule has 0 bridgehead atoms. The van der Waals surface area contributed by atoms with Gasteiger partial charge in [0.2, 0.25) is 0 Å². The first kappa shape index (κ1) is 13.6. The molecule has 9 heteroatoms. The molecule has 2 N–H and O–H groups in total. The third kappa shape index (κ3) is 2.72. The summed E-state index contributed by atoms with van der Waals surface area (Å²) < 4.78 is 11.4. The number of hydroxylamine groups is 2. The predicted molar refractivity (Wildman–Crippen MR) is 66.4 cm³/mol. The maximum Gasteiger partial charge on any atom is 0.325 e. The highest BCUT2D eigenvalue weighted by atomic mass is 32.1. The Morgan fingerprint density at radius 2 is 2.00 bits per heavy atom. The van der Waals surface area contributed by atoms with Crippen LogP contribution in [0.3, 0.4) is 0 Å². The molecule has 1 aromatic heterocycles. The van der Waals surface area contributed by atoms with Gasteiger partial charge in [-0.25, -0.2) is 9.68 Å². The van der Waals surface area contributed by atoms with Crippen molar-refractivity contribution in [3.05, 3.63) is 10.8 Å². The van der Waals surface area contributed by atoms with E-state index in [1.807, 2.05) is 10.8 Å². The third-order valence-corrected chi connectivity index (χ3v) is 3.87. The van der Waals surface area contributed by atoms with E-state index in [1.165, 1.54) is 16.6 Å². The van der Waals surface area contributed by atoms with Crippen LogP contribution in [0.15, 0.2) is 10.8 Å². The zero-order valence-electron chi connectivity index (χ0n) is 10.6. The second-order valence-corrected chi connectivity index (χ2v) is 5.45. The number of fused-ring (bicyclic) bond motifs is 1. The van der Waals surface area contributed by atoms with Crippen LogP contribution in [0.25, 0.3) is 0 Å². The van der Waals surface area contributed by atoms with Crippen LogP contribution in [0.4, 0.5) is 0 Å². The monoisotopic (exact) mass is 302 g/mol. The van der Waals surface area contributed by atoms with Gasteiger partial charge >= 0.3 is 5.97 Å². The van der Waals surface area contributed by atoms with Crippen molar-refractivity contribution in [2.24, 2.45) is 11.3 Å². The average Bonchev–Trinajstić information content (AvgIpc) is 2.79. The van der Waals surface area contributed by atoms with Gasteiger partial charge in [0.25, 0.3) is 0 Å². The minimum Gasteiger partial charge on any atom is -0.488 e. The third-order valence-electron chi connectivity index (χ3n) is 3.17. The summed E-state index contributed by atoms with van der Waals surface area (Å²) in [5.74, 6) is 5.72. The van der Waals surface area contributed by atoms with Gasteiger partial charge in [-0.2, -0.15) is 5.90 Å². The fourth-order valence-electron chi connectivity index (χ4n) is 2.08. The molecular formula is C11H14N2O6S. The van der Waals surface area contributed by atoms with Gasteiger partial charge in [0.15, 0.2) is 18.3 Å². The molecule has 0 aromatic carbocycles. The highest BCUT2D eigenvalue weighted by molar-refractivity contribution is 7.08. The van der Waals surface area contributed by atoms with Crippen molar-refractivity contribution in [2.75, 3.05) is 26.6 Å². The molecule has 0 spiro atoms. The molecule has 0 aliphatic carbocycles. The topological polar surface area (TPSA) is 92.5 Å². The van der Waals surface area contributed by atoms with E-state index < -0.39 is 11.4 Å². The number of carbonyl (C=O) groups excluding carboxylic acids is 1. The Labute approximate surface area is 118 Å². The summed E-state index contributed by atoms with van der Waals surface area (Å²) >= 11 is 1.49. The standard InChI is InChI=1S/C11H14N2O6S/c12-19-10(14)1-11(4-13-17-7-18-13)5-15-8-2-20-3-9(8)16-6-11/h2-3H,1,4-7,12H2. The van der Waals surface area contributed by atoms with Crippen LogP contribution in [0, 0.1) is 5.41 Å². The first-order valence-electron chi connectivity index (χ1n) is 5.95. The maximum absolute atomic E-state index is 11.5. The molecule has 20 heavy (non-hydrogen) atoms. The molecule has 2 aliphatic heterocycles. The predicted octanol–water partition coefficient (Wildman–Crippen LogP) is 0.449. The second-order valence-electron chi connectivity index (χ2n) is 4.71. The molecule has 0 saturated carbocycles. The van der Waals surface area contributed by atoms with Gasteiger partial charge in [-0.3, -0.25) is 4.79 Å². The molecule has 110 valence electrons. The quantitative estimate of drug-likeness (QED) is 0.801. The van der Waals surface area contributed by atoms with Crippen LogP contribution in [0.5, 0.6) is 11.5 Å². The highest BCUT2D eigenvalue weighted by Gasteiger charge is 2.42. The van der Waals surface area contributed by atoms with Gasteiger partial charge in [-0.15, -0.1) is 11.3 Å². The molecule has 8 nitrogen and oxygen atoms in total. The Hall–Kier alpha value is -1.39. The summed E-state index contributed by atoms with van der Waals surface area (Å²) in [5, 5.41) is 5.00. The van der Waals surface area contributed by atoms with Crippen molar-refractivity contribution >= 4 is 17.3 Å². The first-order valence-corrected chi connectivity index (χ1v) is 6.90. The normalized spacial score (nSPS) is 20.9. The molecular weight excluding hydrogens is 288 g/mol. The minimum atomic E-state index is -0.659. The lowest BCUT2D eigenvalue weighted by atomic mass is 9.86. The smallest absolute Gasteiger partial charge is 0.325 e. The van der Waals surface area contributed by atoms with Crippen LogP contribution in [-0.4, -0.2) is 37.7 Å². The number of thiophene rings is 1. The Morgan fingerprint density at radius 1 is 1.35 bits per heavy atom. The molecule has 0 atom stereocenters. The lowest BCUT2D eigenvalue weighted by Crippen LogP contribution is -2.50. The summed E-state index contributed by atoms with van der Waals surface area (Å²) in [7, 11) is 0. The molecule has 1 saturated heterocycles. The number of rotatable bonds is 4. The number of carbonyl (C=O) groups is 1. The summed E-state index contributed by atoms with van der Waals surface area (Å²) in [6.45, 7) is 1.06. The van der Waals surface area contributed by atoms with Crippen LogP contribution in [-0.2, 0) is 19.3 Å². The van der Waals surface area contributed by atoms with Gasteiger partial charge in [0.1, 0.15) is 0 Å². The fourth-order valence-corrected chi connectivity index (χ4v) is 2.76. The number of nitrogens with two attached hydrogens (primary N) is 1. The number of hydrogen-bond donors (Lipinski definition) is 1. The molecule has 3 heterocycles. The second kappa shape index (κ2) is 5.54. The van der Waals surface area contributed by atoms with Crippen LogP contribution < -0.4 is 15.4 Å². The minimum absolute atomic E-state index is 0.0421. The lowest BCUT2D eigenvalue weighted by Gasteiger charge is -2.37.